The monoisotopic (exact) mass is 440 g/mol. The predicted octanol–water partition coefficient (Wildman–Crippen LogP) is 3.52. The third-order valence-electron chi connectivity index (χ3n) is 4.52. The van der Waals surface area contributed by atoms with E-state index in [9.17, 15) is 18.0 Å². The number of nitrogens with one attached hydrogen (secondary N) is 1. The number of alkyl halides is 3. The zero-order valence-electron chi connectivity index (χ0n) is 16.9. The lowest BCUT2D eigenvalue weighted by Gasteiger charge is -2.15. The molecular formula is C21H23F3N2O5. The highest BCUT2D eigenvalue weighted by atomic mass is 19.4. The number of nitrogens with zero attached hydrogens (tertiary/aromatic N) is 1. The van der Waals surface area contributed by atoms with Crippen LogP contribution in [-0.4, -0.2) is 50.1 Å². The van der Waals surface area contributed by atoms with Gasteiger partial charge in [-0.25, -0.2) is 4.98 Å². The maximum absolute atomic E-state index is 12.5. The van der Waals surface area contributed by atoms with Crippen molar-refractivity contribution in [1.29, 1.82) is 0 Å². The average Bonchev–Trinajstić information content (AvgIpc) is 3.28. The molecule has 1 aliphatic rings. The molecule has 1 atom stereocenters. The summed E-state index contributed by atoms with van der Waals surface area (Å²) in [6.45, 7) is -0.249. The molecule has 168 valence electrons. The summed E-state index contributed by atoms with van der Waals surface area (Å²) in [5.74, 6) is 0.0687. The van der Waals surface area contributed by atoms with Crippen LogP contribution in [0, 0.1) is 0 Å². The molecule has 3 rings (SSSR count). The van der Waals surface area contributed by atoms with Gasteiger partial charge in [0, 0.05) is 19.3 Å². The first-order valence-corrected chi connectivity index (χ1v) is 9.70. The molecule has 10 heteroatoms. The Balaban J connectivity index is 1.60. The Labute approximate surface area is 177 Å². The largest absolute Gasteiger partial charge is 0.493 e. The second-order valence-corrected chi connectivity index (χ2v) is 6.87. The maximum Gasteiger partial charge on any atom is 0.422 e. The van der Waals surface area contributed by atoms with E-state index >= 15 is 0 Å². The molecule has 1 saturated heterocycles. The summed E-state index contributed by atoms with van der Waals surface area (Å²) in [6, 6.07) is 8.00. The number of benzene rings is 1. The van der Waals surface area contributed by atoms with Gasteiger partial charge in [0.25, 0.3) is 5.91 Å². The lowest BCUT2D eigenvalue weighted by molar-refractivity contribution is -0.154. The second-order valence-electron chi connectivity index (χ2n) is 6.87. The molecule has 1 N–H and O–H groups in total. The minimum absolute atomic E-state index is 0.0666. The number of pyridine rings is 1. The van der Waals surface area contributed by atoms with Crippen LogP contribution in [0.4, 0.5) is 13.2 Å². The maximum atomic E-state index is 12.5. The van der Waals surface area contributed by atoms with E-state index in [1.165, 1.54) is 25.4 Å². The van der Waals surface area contributed by atoms with Gasteiger partial charge in [-0.3, -0.25) is 4.79 Å². The molecule has 7 nitrogen and oxygen atoms in total. The SMILES string of the molecule is COc1cc(CNC(=O)c2cccnc2OCC(F)(F)F)ccc1OCC1CCCO1. The van der Waals surface area contributed by atoms with Gasteiger partial charge in [-0.2, -0.15) is 13.2 Å². The lowest BCUT2D eigenvalue weighted by atomic mass is 10.2. The molecule has 0 aliphatic carbocycles. The van der Waals surface area contributed by atoms with Gasteiger partial charge in [-0.15, -0.1) is 0 Å². The fourth-order valence-corrected chi connectivity index (χ4v) is 3.01. The number of amides is 1. The first-order chi connectivity index (χ1) is 14.9. The number of carbonyl (C=O) groups is 1. The Kier molecular flexibility index (Phi) is 7.56. The van der Waals surface area contributed by atoms with Crippen molar-refractivity contribution >= 4 is 5.91 Å². The first kappa shape index (κ1) is 22.7. The van der Waals surface area contributed by atoms with Crippen LogP contribution in [0.3, 0.4) is 0 Å². The highest BCUT2D eigenvalue weighted by Crippen LogP contribution is 2.29. The Morgan fingerprint density at radius 2 is 2.10 bits per heavy atom. The van der Waals surface area contributed by atoms with Gasteiger partial charge in [0.1, 0.15) is 12.2 Å². The van der Waals surface area contributed by atoms with Crippen LogP contribution >= 0.6 is 0 Å². The summed E-state index contributed by atoms with van der Waals surface area (Å²) >= 11 is 0. The topological polar surface area (TPSA) is 78.9 Å². The molecule has 2 aromatic rings. The van der Waals surface area contributed by atoms with E-state index in [0.717, 1.165) is 25.0 Å². The van der Waals surface area contributed by atoms with Crippen LogP contribution < -0.4 is 19.5 Å². The Morgan fingerprint density at radius 1 is 1.26 bits per heavy atom. The van der Waals surface area contributed by atoms with E-state index in [4.69, 9.17) is 14.2 Å². The van der Waals surface area contributed by atoms with Gasteiger partial charge in [0.05, 0.1) is 13.2 Å². The van der Waals surface area contributed by atoms with Crippen LogP contribution in [0.1, 0.15) is 28.8 Å². The Morgan fingerprint density at radius 3 is 2.81 bits per heavy atom. The van der Waals surface area contributed by atoms with Gasteiger partial charge in [0.2, 0.25) is 5.88 Å². The molecule has 1 aromatic carbocycles. The van der Waals surface area contributed by atoms with Gasteiger partial charge in [-0.05, 0) is 42.7 Å². The molecule has 1 amide bonds. The number of ether oxygens (including phenoxy) is 4. The molecule has 1 fully saturated rings. The van der Waals surface area contributed by atoms with Crippen molar-refractivity contribution in [3.05, 3.63) is 47.7 Å². The van der Waals surface area contributed by atoms with Gasteiger partial charge in [0.15, 0.2) is 18.1 Å². The number of carbonyl (C=O) groups excluding carboxylic acids is 1. The van der Waals surface area contributed by atoms with Gasteiger partial charge >= 0.3 is 6.18 Å². The molecule has 31 heavy (non-hydrogen) atoms. The number of aromatic nitrogens is 1. The Hall–Kier alpha value is -3.01. The highest BCUT2D eigenvalue weighted by molar-refractivity contribution is 5.96. The van der Waals surface area contributed by atoms with E-state index in [-0.39, 0.29) is 24.1 Å². The molecule has 1 aromatic heterocycles. The number of hydrogen-bond donors (Lipinski definition) is 1. The standard InChI is InChI=1S/C21H23F3N2O5/c1-28-18-10-14(6-7-17(18)30-12-15-4-3-9-29-15)11-26-19(27)16-5-2-8-25-20(16)31-13-21(22,23)24/h2,5-8,10,15H,3-4,9,11-13H2,1H3,(H,26,27). The zero-order chi connectivity index (χ0) is 22.3. The molecule has 0 radical (unpaired) electrons. The molecular weight excluding hydrogens is 417 g/mol. The van der Waals surface area contributed by atoms with Crippen LogP contribution in [0.5, 0.6) is 17.4 Å². The van der Waals surface area contributed by atoms with Crippen molar-refractivity contribution in [2.24, 2.45) is 0 Å². The number of methoxy groups -OCH3 is 1. The minimum Gasteiger partial charge on any atom is -0.493 e. The van der Waals surface area contributed by atoms with Crippen molar-refractivity contribution in [3.8, 4) is 17.4 Å². The quantitative estimate of drug-likeness (QED) is 0.643. The van der Waals surface area contributed by atoms with Crippen molar-refractivity contribution in [3.63, 3.8) is 0 Å². The summed E-state index contributed by atoms with van der Waals surface area (Å²) < 4.78 is 58.5. The average molecular weight is 440 g/mol. The molecule has 0 saturated carbocycles. The molecule has 0 spiro atoms. The summed E-state index contributed by atoms with van der Waals surface area (Å²) in [6.07, 6.45) is -1.24. The summed E-state index contributed by atoms with van der Waals surface area (Å²) in [5.41, 5.74) is 0.631. The van der Waals surface area contributed by atoms with E-state index < -0.39 is 18.7 Å². The fraction of sp³-hybridized carbons (Fsp3) is 0.429. The second kappa shape index (κ2) is 10.3. The van der Waals surface area contributed by atoms with Crippen LogP contribution in [0.25, 0.3) is 0 Å². The van der Waals surface area contributed by atoms with Gasteiger partial charge < -0.3 is 24.3 Å². The predicted molar refractivity (Wildman–Crippen MR) is 104 cm³/mol. The normalized spacial score (nSPS) is 16.1. The van der Waals surface area contributed by atoms with E-state index in [2.05, 4.69) is 15.0 Å². The lowest BCUT2D eigenvalue weighted by Crippen LogP contribution is -2.25. The van der Waals surface area contributed by atoms with Crippen molar-refractivity contribution < 1.29 is 36.9 Å². The fourth-order valence-electron chi connectivity index (χ4n) is 3.01. The van der Waals surface area contributed by atoms with E-state index in [1.54, 1.807) is 18.2 Å². The van der Waals surface area contributed by atoms with Crippen LogP contribution in [0.2, 0.25) is 0 Å². The van der Waals surface area contributed by atoms with E-state index in [0.29, 0.717) is 18.1 Å². The summed E-state index contributed by atoms with van der Waals surface area (Å²) in [4.78, 5) is 16.2. The molecule has 2 heterocycles. The summed E-state index contributed by atoms with van der Waals surface area (Å²) in [7, 11) is 1.51. The van der Waals surface area contributed by atoms with Gasteiger partial charge in [-0.1, -0.05) is 6.07 Å². The minimum atomic E-state index is -4.53. The smallest absolute Gasteiger partial charge is 0.422 e. The van der Waals surface area contributed by atoms with Crippen molar-refractivity contribution in [1.82, 2.24) is 10.3 Å². The van der Waals surface area contributed by atoms with Crippen molar-refractivity contribution in [2.45, 2.75) is 31.7 Å². The van der Waals surface area contributed by atoms with Crippen LogP contribution in [0.15, 0.2) is 36.5 Å². The zero-order valence-corrected chi connectivity index (χ0v) is 16.9. The molecule has 0 bridgehead atoms. The number of halogens is 3. The first-order valence-electron chi connectivity index (χ1n) is 9.70. The Bertz CT molecular complexity index is 886. The summed E-state index contributed by atoms with van der Waals surface area (Å²) in [5, 5.41) is 2.64. The highest BCUT2D eigenvalue weighted by Gasteiger charge is 2.29. The van der Waals surface area contributed by atoms with E-state index in [1.807, 2.05) is 0 Å². The third-order valence-corrected chi connectivity index (χ3v) is 4.52. The van der Waals surface area contributed by atoms with Crippen LogP contribution in [-0.2, 0) is 11.3 Å². The number of hydrogen-bond acceptors (Lipinski definition) is 6. The molecule has 1 aliphatic heterocycles. The third kappa shape index (κ3) is 6.74. The number of rotatable bonds is 9. The van der Waals surface area contributed by atoms with Crippen molar-refractivity contribution in [2.75, 3.05) is 26.9 Å². The molecule has 1 unspecified atom stereocenters.